The summed E-state index contributed by atoms with van der Waals surface area (Å²) in [5.74, 6) is 1.21. The third-order valence-corrected chi connectivity index (χ3v) is 7.48. The highest BCUT2D eigenvalue weighted by atomic mass is 79.9. The molecule has 2 aromatic heterocycles. The lowest BCUT2D eigenvalue weighted by molar-refractivity contribution is -0.126. The van der Waals surface area contributed by atoms with Crippen LogP contribution >= 0.6 is 27.3 Å². The SMILES string of the molecule is Cc1sc2ncnc(N3CCC(C(=O)NC(C)c4ccc(Br)cc4)CC3)c2c1C. The Morgan fingerprint density at radius 3 is 2.59 bits per heavy atom. The van der Waals surface area contributed by atoms with Gasteiger partial charge in [0.15, 0.2) is 0 Å². The van der Waals surface area contributed by atoms with Crippen LogP contribution in [0.2, 0.25) is 0 Å². The normalized spacial score (nSPS) is 16.2. The molecular weight excluding hydrogens is 448 g/mol. The minimum Gasteiger partial charge on any atom is -0.356 e. The first-order valence-electron chi connectivity index (χ1n) is 9.95. The van der Waals surface area contributed by atoms with E-state index in [9.17, 15) is 4.79 Å². The van der Waals surface area contributed by atoms with E-state index in [1.807, 2.05) is 31.2 Å². The number of fused-ring (bicyclic) bond motifs is 1. The number of hydrogen-bond acceptors (Lipinski definition) is 5. The Bertz CT molecular complexity index is 1030. The van der Waals surface area contributed by atoms with Gasteiger partial charge in [0.25, 0.3) is 0 Å². The van der Waals surface area contributed by atoms with Gasteiger partial charge in [-0.2, -0.15) is 0 Å². The predicted octanol–water partition coefficient (Wildman–Crippen LogP) is 5.16. The number of amides is 1. The van der Waals surface area contributed by atoms with Crippen LogP contribution in [0.25, 0.3) is 10.2 Å². The summed E-state index contributed by atoms with van der Waals surface area (Å²) in [7, 11) is 0. The molecule has 0 bridgehead atoms. The van der Waals surface area contributed by atoms with E-state index in [1.165, 1.54) is 15.8 Å². The van der Waals surface area contributed by atoms with E-state index in [0.717, 1.165) is 46.6 Å². The summed E-state index contributed by atoms with van der Waals surface area (Å²) in [6, 6.07) is 8.11. The molecule has 0 aliphatic carbocycles. The average molecular weight is 473 g/mol. The fraction of sp³-hybridized carbons (Fsp3) is 0.409. The van der Waals surface area contributed by atoms with E-state index < -0.39 is 0 Å². The lowest BCUT2D eigenvalue weighted by Crippen LogP contribution is -2.41. The minimum atomic E-state index is 0.00606. The maximum absolute atomic E-state index is 12.8. The zero-order valence-corrected chi connectivity index (χ0v) is 19.3. The number of rotatable bonds is 4. The van der Waals surface area contributed by atoms with Crippen molar-refractivity contribution in [3.63, 3.8) is 0 Å². The molecule has 1 aromatic carbocycles. The van der Waals surface area contributed by atoms with Crippen molar-refractivity contribution in [2.24, 2.45) is 5.92 Å². The van der Waals surface area contributed by atoms with Gasteiger partial charge < -0.3 is 10.2 Å². The molecule has 3 heterocycles. The fourth-order valence-electron chi connectivity index (χ4n) is 3.92. The molecule has 3 aromatic rings. The van der Waals surface area contributed by atoms with Gasteiger partial charge in [-0.15, -0.1) is 11.3 Å². The highest BCUT2D eigenvalue weighted by Gasteiger charge is 2.28. The van der Waals surface area contributed by atoms with E-state index in [4.69, 9.17) is 0 Å². The van der Waals surface area contributed by atoms with E-state index in [-0.39, 0.29) is 17.9 Å². The number of thiophene rings is 1. The first-order chi connectivity index (χ1) is 13.9. The molecule has 0 spiro atoms. The minimum absolute atomic E-state index is 0.00606. The van der Waals surface area contributed by atoms with E-state index in [1.54, 1.807) is 17.7 Å². The molecule has 0 saturated carbocycles. The van der Waals surface area contributed by atoms with Crippen LogP contribution in [0, 0.1) is 19.8 Å². The van der Waals surface area contributed by atoms with Crippen LogP contribution in [0.3, 0.4) is 0 Å². The Balaban J connectivity index is 1.41. The number of piperidine rings is 1. The van der Waals surface area contributed by atoms with E-state index in [0.29, 0.717) is 0 Å². The molecule has 1 unspecified atom stereocenters. The highest BCUT2D eigenvalue weighted by molar-refractivity contribution is 9.10. The summed E-state index contributed by atoms with van der Waals surface area (Å²) in [6.07, 6.45) is 3.34. The lowest BCUT2D eigenvalue weighted by Gasteiger charge is -2.33. The number of aryl methyl sites for hydroxylation is 2. The average Bonchev–Trinajstić information content (AvgIpc) is 3.02. The molecule has 29 heavy (non-hydrogen) atoms. The Kier molecular flexibility index (Phi) is 5.88. The van der Waals surface area contributed by atoms with Gasteiger partial charge >= 0.3 is 0 Å². The molecule has 7 heteroatoms. The van der Waals surface area contributed by atoms with Crippen LogP contribution in [-0.4, -0.2) is 29.0 Å². The lowest BCUT2D eigenvalue weighted by atomic mass is 9.95. The molecular formula is C22H25BrN4OS. The monoisotopic (exact) mass is 472 g/mol. The number of anilines is 1. The maximum Gasteiger partial charge on any atom is 0.223 e. The van der Waals surface area contributed by atoms with Gasteiger partial charge in [-0.25, -0.2) is 9.97 Å². The third kappa shape index (κ3) is 4.16. The zero-order chi connectivity index (χ0) is 20.5. The van der Waals surface area contributed by atoms with Crippen LogP contribution in [0.15, 0.2) is 35.1 Å². The molecule has 0 radical (unpaired) electrons. The summed E-state index contributed by atoms with van der Waals surface area (Å²) < 4.78 is 1.04. The molecule has 1 N–H and O–H groups in total. The van der Waals surface area contributed by atoms with Crippen molar-refractivity contribution >= 4 is 49.2 Å². The molecule has 1 fully saturated rings. The topological polar surface area (TPSA) is 58.1 Å². The third-order valence-electron chi connectivity index (χ3n) is 5.84. The van der Waals surface area contributed by atoms with Crippen LogP contribution in [0.4, 0.5) is 5.82 Å². The summed E-state index contributed by atoms with van der Waals surface area (Å²) in [6.45, 7) is 7.99. The van der Waals surface area contributed by atoms with Crippen molar-refractivity contribution < 1.29 is 4.79 Å². The van der Waals surface area contributed by atoms with Gasteiger partial charge in [-0.3, -0.25) is 4.79 Å². The Morgan fingerprint density at radius 1 is 1.21 bits per heavy atom. The van der Waals surface area contributed by atoms with Gasteiger partial charge in [-0.05, 0) is 56.9 Å². The van der Waals surface area contributed by atoms with Crippen LogP contribution in [0.1, 0.15) is 41.8 Å². The van der Waals surface area contributed by atoms with Crippen molar-refractivity contribution in [1.82, 2.24) is 15.3 Å². The van der Waals surface area contributed by atoms with Crippen LogP contribution < -0.4 is 10.2 Å². The molecule has 1 amide bonds. The first kappa shape index (κ1) is 20.3. The van der Waals surface area contributed by atoms with Crippen molar-refractivity contribution in [2.75, 3.05) is 18.0 Å². The van der Waals surface area contributed by atoms with E-state index in [2.05, 4.69) is 50.0 Å². The number of carbonyl (C=O) groups is 1. The zero-order valence-electron chi connectivity index (χ0n) is 16.9. The first-order valence-corrected chi connectivity index (χ1v) is 11.6. The number of halogens is 1. The summed E-state index contributed by atoms with van der Waals surface area (Å²) >= 11 is 5.18. The smallest absolute Gasteiger partial charge is 0.223 e. The fourth-order valence-corrected chi connectivity index (χ4v) is 5.18. The second-order valence-corrected chi connectivity index (χ2v) is 9.82. The summed E-state index contributed by atoms with van der Waals surface area (Å²) in [4.78, 5) is 26.5. The van der Waals surface area contributed by atoms with Gasteiger partial charge in [0.1, 0.15) is 17.0 Å². The summed E-state index contributed by atoms with van der Waals surface area (Å²) in [5.41, 5.74) is 2.38. The molecule has 1 aliphatic heterocycles. The molecule has 1 saturated heterocycles. The second kappa shape index (κ2) is 8.40. The van der Waals surface area contributed by atoms with Crippen LogP contribution in [0.5, 0.6) is 0 Å². The number of benzene rings is 1. The van der Waals surface area contributed by atoms with Gasteiger partial charge in [0.05, 0.1) is 11.4 Å². The second-order valence-electron chi connectivity index (χ2n) is 7.70. The summed E-state index contributed by atoms with van der Waals surface area (Å²) in [5, 5.41) is 4.35. The van der Waals surface area contributed by atoms with Crippen molar-refractivity contribution in [1.29, 1.82) is 0 Å². The molecule has 5 nitrogen and oxygen atoms in total. The maximum atomic E-state index is 12.8. The predicted molar refractivity (Wildman–Crippen MR) is 123 cm³/mol. The number of nitrogens with one attached hydrogen (secondary N) is 1. The Morgan fingerprint density at radius 2 is 1.90 bits per heavy atom. The van der Waals surface area contributed by atoms with Crippen molar-refractivity contribution in [3.05, 3.63) is 51.1 Å². The number of hydrogen-bond donors (Lipinski definition) is 1. The van der Waals surface area contributed by atoms with Gasteiger partial charge in [0.2, 0.25) is 5.91 Å². The van der Waals surface area contributed by atoms with Crippen molar-refractivity contribution in [2.45, 2.75) is 39.7 Å². The molecule has 1 atom stereocenters. The standard InChI is InChI=1S/C22H25BrN4OS/c1-13-15(3)29-22-19(13)20(24-12-25-22)27-10-8-17(9-11-27)21(28)26-14(2)16-4-6-18(23)7-5-16/h4-7,12,14,17H,8-11H2,1-3H3,(H,26,28). The van der Waals surface area contributed by atoms with Gasteiger partial charge in [-0.1, -0.05) is 28.1 Å². The molecule has 1 aliphatic rings. The Hall–Kier alpha value is -1.99. The quantitative estimate of drug-likeness (QED) is 0.569. The molecule has 152 valence electrons. The highest BCUT2D eigenvalue weighted by Crippen LogP contribution is 2.35. The van der Waals surface area contributed by atoms with Crippen molar-refractivity contribution in [3.8, 4) is 0 Å². The van der Waals surface area contributed by atoms with E-state index >= 15 is 0 Å². The van der Waals surface area contributed by atoms with Gasteiger partial charge in [0, 0.05) is 28.4 Å². The number of nitrogens with zero attached hydrogens (tertiary/aromatic N) is 3. The number of carbonyl (C=O) groups excluding carboxylic acids is 1. The Labute approximate surface area is 183 Å². The number of aromatic nitrogens is 2. The molecule has 4 rings (SSSR count). The van der Waals surface area contributed by atoms with Crippen LogP contribution in [-0.2, 0) is 4.79 Å². The largest absolute Gasteiger partial charge is 0.356 e.